The highest BCUT2D eigenvalue weighted by Crippen LogP contribution is 2.23. The smallest absolute Gasteiger partial charge is 0.339 e. The standard InChI is InChI=1S/C12H16O4/c1-4-16-12(14)11(13)10-6-5-9(15-3)7-8(10)2/h5-7,11,13H,4H2,1-3H3. The normalized spacial score (nSPS) is 12.0. The molecular weight excluding hydrogens is 208 g/mol. The Morgan fingerprint density at radius 1 is 1.50 bits per heavy atom. The minimum atomic E-state index is -1.23. The highest BCUT2D eigenvalue weighted by atomic mass is 16.5. The van der Waals surface area contributed by atoms with E-state index in [1.807, 2.05) is 0 Å². The van der Waals surface area contributed by atoms with E-state index in [-0.39, 0.29) is 6.61 Å². The Labute approximate surface area is 94.8 Å². The van der Waals surface area contributed by atoms with Crippen LogP contribution >= 0.6 is 0 Å². The van der Waals surface area contributed by atoms with E-state index in [4.69, 9.17) is 9.47 Å². The molecule has 0 heterocycles. The molecular formula is C12H16O4. The number of hydrogen-bond donors (Lipinski definition) is 1. The Balaban J connectivity index is 2.91. The van der Waals surface area contributed by atoms with Crippen LogP contribution in [0.2, 0.25) is 0 Å². The summed E-state index contributed by atoms with van der Waals surface area (Å²) in [5.74, 6) is 0.0630. The number of hydrogen-bond acceptors (Lipinski definition) is 4. The third-order valence-electron chi connectivity index (χ3n) is 2.28. The first-order chi connectivity index (χ1) is 7.60. The number of aliphatic hydroxyl groups is 1. The van der Waals surface area contributed by atoms with Gasteiger partial charge >= 0.3 is 5.97 Å². The number of aryl methyl sites for hydroxylation is 1. The quantitative estimate of drug-likeness (QED) is 0.789. The Morgan fingerprint density at radius 3 is 2.69 bits per heavy atom. The van der Waals surface area contributed by atoms with Crippen LogP contribution in [0.5, 0.6) is 5.75 Å². The second-order valence-corrected chi connectivity index (χ2v) is 3.38. The van der Waals surface area contributed by atoms with Crippen molar-refractivity contribution in [3.8, 4) is 5.75 Å². The van der Waals surface area contributed by atoms with Crippen LogP contribution in [-0.2, 0) is 9.53 Å². The number of benzene rings is 1. The molecule has 0 saturated carbocycles. The van der Waals surface area contributed by atoms with Crippen LogP contribution < -0.4 is 4.74 Å². The molecule has 0 saturated heterocycles. The summed E-state index contributed by atoms with van der Waals surface area (Å²) in [4.78, 5) is 11.3. The van der Waals surface area contributed by atoms with Gasteiger partial charge in [0.25, 0.3) is 0 Å². The van der Waals surface area contributed by atoms with Crippen LogP contribution in [0.4, 0.5) is 0 Å². The molecule has 0 aliphatic rings. The molecule has 0 spiro atoms. The van der Waals surface area contributed by atoms with Gasteiger partial charge in [0, 0.05) is 0 Å². The average Bonchev–Trinajstić information content (AvgIpc) is 2.28. The summed E-state index contributed by atoms with van der Waals surface area (Å²) in [7, 11) is 1.57. The SMILES string of the molecule is CCOC(=O)C(O)c1ccc(OC)cc1C. The van der Waals surface area contributed by atoms with E-state index < -0.39 is 12.1 Å². The fourth-order valence-electron chi connectivity index (χ4n) is 1.43. The first kappa shape index (κ1) is 12.5. The molecule has 4 nitrogen and oxygen atoms in total. The molecule has 88 valence electrons. The molecule has 1 aromatic carbocycles. The largest absolute Gasteiger partial charge is 0.497 e. The van der Waals surface area contributed by atoms with Gasteiger partial charge in [-0.15, -0.1) is 0 Å². The molecule has 0 radical (unpaired) electrons. The van der Waals surface area contributed by atoms with Crippen LogP contribution in [0.1, 0.15) is 24.2 Å². The second kappa shape index (κ2) is 5.51. The molecule has 1 atom stereocenters. The highest BCUT2D eigenvalue weighted by molar-refractivity contribution is 5.76. The van der Waals surface area contributed by atoms with Crippen molar-refractivity contribution in [1.29, 1.82) is 0 Å². The molecule has 1 N–H and O–H groups in total. The predicted molar refractivity (Wildman–Crippen MR) is 59.3 cm³/mol. The zero-order valence-corrected chi connectivity index (χ0v) is 9.69. The zero-order valence-electron chi connectivity index (χ0n) is 9.69. The average molecular weight is 224 g/mol. The van der Waals surface area contributed by atoms with Crippen molar-refractivity contribution < 1.29 is 19.4 Å². The molecule has 0 fully saturated rings. The van der Waals surface area contributed by atoms with Crippen molar-refractivity contribution in [3.63, 3.8) is 0 Å². The third-order valence-corrected chi connectivity index (χ3v) is 2.28. The second-order valence-electron chi connectivity index (χ2n) is 3.38. The molecule has 0 bridgehead atoms. The number of aliphatic hydroxyl groups excluding tert-OH is 1. The maximum atomic E-state index is 11.3. The van der Waals surface area contributed by atoms with E-state index in [2.05, 4.69) is 0 Å². The van der Waals surface area contributed by atoms with Gasteiger partial charge < -0.3 is 14.6 Å². The van der Waals surface area contributed by atoms with Gasteiger partial charge in [0.05, 0.1) is 13.7 Å². The summed E-state index contributed by atoms with van der Waals surface area (Å²) in [6.07, 6.45) is -1.23. The van der Waals surface area contributed by atoms with Gasteiger partial charge in [-0.05, 0) is 37.1 Å². The number of ether oxygens (including phenoxy) is 2. The summed E-state index contributed by atoms with van der Waals surface area (Å²) < 4.78 is 9.79. The first-order valence-electron chi connectivity index (χ1n) is 5.09. The lowest BCUT2D eigenvalue weighted by Gasteiger charge is -2.13. The fraction of sp³-hybridized carbons (Fsp3) is 0.417. The minimum Gasteiger partial charge on any atom is -0.497 e. The molecule has 1 unspecified atom stereocenters. The topological polar surface area (TPSA) is 55.8 Å². The van der Waals surface area contributed by atoms with Gasteiger partial charge in [0.2, 0.25) is 0 Å². The van der Waals surface area contributed by atoms with E-state index in [0.717, 1.165) is 5.56 Å². The molecule has 4 heteroatoms. The number of methoxy groups -OCH3 is 1. The van der Waals surface area contributed by atoms with Crippen molar-refractivity contribution in [2.24, 2.45) is 0 Å². The van der Waals surface area contributed by atoms with Gasteiger partial charge in [-0.25, -0.2) is 4.79 Å². The first-order valence-corrected chi connectivity index (χ1v) is 5.09. The minimum absolute atomic E-state index is 0.255. The number of rotatable bonds is 4. The van der Waals surface area contributed by atoms with Crippen molar-refractivity contribution in [3.05, 3.63) is 29.3 Å². The molecule has 16 heavy (non-hydrogen) atoms. The lowest BCUT2D eigenvalue weighted by Crippen LogP contribution is -2.16. The van der Waals surface area contributed by atoms with E-state index in [0.29, 0.717) is 11.3 Å². The van der Waals surface area contributed by atoms with E-state index in [9.17, 15) is 9.90 Å². The summed E-state index contributed by atoms with van der Waals surface area (Å²) in [5.41, 5.74) is 1.33. The lowest BCUT2D eigenvalue weighted by molar-refractivity contribution is -0.153. The van der Waals surface area contributed by atoms with Crippen LogP contribution in [0.3, 0.4) is 0 Å². The molecule has 0 aliphatic carbocycles. The number of esters is 1. The Hall–Kier alpha value is -1.55. The van der Waals surface area contributed by atoms with E-state index in [1.54, 1.807) is 39.2 Å². The van der Waals surface area contributed by atoms with Crippen molar-refractivity contribution in [2.75, 3.05) is 13.7 Å². The van der Waals surface area contributed by atoms with Gasteiger partial charge in [0.15, 0.2) is 6.10 Å². The van der Waals surface area contributed by atoms with Crippen molar-refractivity contribution >= 4 is 5.97 Å². The van der Waals surface area contributed by atoms with Gasteiger partial charge in [-0.1, -0.05) is 6.07 Å². The van der Waals surface area contributed by atoms with Gasteiger partial charge in [0.1, 0.15) is 5.75 Å². The molecule has 0 aliphatic heterocycles. The molecule has 0 amide bonds. The molecule has 1 rings (SSSR count). The molecule has 0 aromatic heterocycles. The monoisotopic (exact) mass is 224 g/mol. The maximum absolute atomic E-state index is 11.3. The summed E-state index contributed by atoms with van der Waals surface area (Å²) in [6.45, 7) is 3.76. The zero-order chi connectivity index (χ0) is 12.1. The van der Waals surface area contributed by atoms with Crippen LogP contribution in [0.15, 0.2) is 18.2 Å². The van der Waals surface area contributed by atoms with Crippen molar-refractivity contribution in [2.45, 2.75) is 20.0 Å². The summed E-state index contributed by atoms with van der Waals surface area (Å²) in [6, 6.07) is 5.12. The summed E-state index contributed by atoms with van der Waals surface area (Å²) >= 11 is 0. The van der Waals surface area contributed by atoms with E-state index >= 15 is 0 Å². The lowest BCUT2D eigenvalue weighted by atomic mass is 10.0. The highest BCUT2D eigenvalue weighted by Gasteiger charge is 2.20. The van der Waals surface area contributed by atoms with Crippen LogP contribution in [0.25, 0.3) is 0 Å². The van der Waals surface area contributed by atoms with Crippen LogP contribution in [-0.4, -0.2) is 24.8 Å². The van der Waals surface area contributed by atoms with Crippen LogP contribution in [0, 0.1) is 6.92 Å². The number of carbonyl (C=O) groups excluding carboxylic acids is 1. The summed E-state index contributed by atoms with van der Waals surface area (Å²) in [5, 5.41) is 9.75. The maximum Gasteiger partial charge on any atom is 0.339 e. The predicted octanol–water partition coefficient (Wildman–Crippen LogP) is 1.60. The van der Waals surface area contributed by atoms with Gasteiger partial charge in [-0.2, -0.15) is 0 Å². The number of carbonyl (C=O) groups is 1. The van der Waals surface area contributed by atoms with Crippen molar-refractivity contribution in [1.82, 2.24) is 0 Å². The Kier molecular flexibility index (Phi) is 4.31. The Morgan fingerprint density at radius 2 is 2.19 bits per heavy atom. The Bertz CT molecular complexity index is 373. The third kappa shape index (κ3) is 2.73. The van der Waals surface area contributed by atoms with Gasteiger partial charge in [-0.3, -0.25) is 0 Å². The van der Waals surface area contributed by atoms with E-state index in [1.165, 1.54) is 0 Å². The molecule has 1 aromatic rings. The fourth-order valence-corrected chi connectivity index (χ4v) is 1.43.